The average molecular weight is 185 g/mol. The van der Waals surface area contributed by atoms with Gasteiger partial charge in [-0.15, -0.1) is 0 Å². The quantitative estimate of drug-likeness (QED) is 0.470. The van der Waals surface area contributed by atoms with Gasteiger partial charge in [-0.05, 0) is 0 Å². The van der Waals surface area contributed by atoms with Crippen molar-refractivity contribution < 1.29 is 57.3 Å². The largest absolute Gasteiger partial charge is 2.00 e. The third kappa shape index (κ3) is 9.62. The van der Waals surface area contributed by atoms with Crippen molar-refractivity contribution in [2.75, 3.05) is 0 Å². The molecule has 0 spiro atoms. The minimum atomic E-state index is 0. The van der Waals surface area contributed by atoms with E-state index in [9.17, 15) is 0 Å². The van der Waals surface area contributed by atoms with Crippen LogP contribution in [-0.4, -0.2) is 0 Å². The number of hydrogen-bond donors (Lipinski definition) is 0. The van der Waals surface area contributed by atoms with E-state index < -0.39 is 0 Å². The summed E-state index contributed by atoms with van der Waals surface area (Å²) in [6, 6.07) is 0. The van der Waals surface area contributed by atoms with Crippen LogP contribution in [0.3, 0.4) is 0 Å². The summed E-state index contributed by atoms with van der Waals surface area (Å²) >= 11 is 0. The predicted octanol–water partition coefficient (Wildman–Crippen LogP) is -0.126. The monoisotopic (exact) mass is 184 g/mol. The molecule has 1 nitrogen and oxygen atoms in total. The van der Waals surface area contributed by atoms with E-state index in [0.29, 0.717) is 0 Å². The summed E-state index contributed by atoms with van der Waals surface area (Å²) in [6.45, 7) is 0. The standard InChI is InChI=1S/Co.Ni.O.V/q2*+2;-2;. The van der Waals surface area contributed by atoms with Crippen LogP contribution in [0.25, 0.3) is 0 Å². The fourth-order valence-electron chi connectivity index (χ4n) is 0. The van der Waals surface area contributed by atoms with Crippen LogP contribution in [0.1, 0.15) is 0 Å². The van der Waals surface area contributed by atoms with Gasteiger partial charge in [0.2, 0.25) is 0 Å². The summed E-state index contributed by atoms with van der Waals surface area (Å²) in [6.07, 6.45) is 0. The van der Waals surface area contributed by atoms with Crippen LogP contribution in [0.15, 0.2) is 0 Å². The summed E-state index contributed by atoms with van der Waals surface area (Å²) in [5.41, 5.74) is 0. The van der Waals surface area contributed by atoms with Gasteiger partial charge in [0.15, 0.2) is 0 Å². The molecule has 0 atom stereocenters. The Hall–Kier alpha value is 1.54. The fourth-order valence-corrected chi connectivity index (χ4v) is 0. The van der Waals surface area contributed by atoms with Crippen LogP contribution in [-0.2, 0) is 57.3 Å². The maximum Gasteiger partial charge on any atom is 2.00 e. The molecule has 0 rings (SSSR count). The molecule has 0 saturated heterocycles. The van der Waals surface area contributed by atoms with Gasteiger partial charge < -0.3 is 5.48 Å². The molecule has 2 radical (unpaired) electrons. The first kappa shape index (κ1) is 48.0. The van der Waals surface area contributed by atoms with Gasteiger partial charge in [0.05, 0.1) is 0 Å². The Morgan fingerprint density at radius 2 is 1.00 bits per heavy atom. The molecule has 0 aromatic carbocycles. The van der Waals surface area contributed by atoms with E-state index in [2.05, 4.69) is 0 Å². The van der Waals surface area contributed by atoms with Crippen molar-refractivity contribution in [3.05, 3.63) is 0 Å². The van der Waals surface area contributed by atoms with Gasteiger partial charge in [-0.1, -0.05) is 0 Å². The van der Waals surface area contributed by atoms with E-state index in [-0.39, 0.29) is 57.3 Å². The van der Waals surface area contributed by atoms with E-state index in [4.69, 9.17) is 0 Å². The van der Waals surface area contributed by atoms with Crippen LogP contribution < -0.4 is 0 Å². The SMILES string of the molecule is [Co+2].[Ni+2].[O-2].[V]. The summed E-state index contributed by atoms with van der Waals surface area (Å²) in [5.74, 6) is 0. The van der Waals surface area contributed by atoms with Crippen molar-refractivity contribution in [3.63, 3.8) is 0 Å². The molecule has 0 bridgehead atoms. The minimum Gasteiger partial charge on any atom is -2.00 e. The van der Waals surface area contributed by atoms with Gasteiger partial charge in [0.1, 0.15) is 0 Å². The van der Waals surface area contributed by atoms with E-state index in [1.165, 1.54) is 0 Å². The zero-order valence-corrected chi connectivity index (χ0v) is 4.93. The van der Waals surface area contributed by atoms with E-state index in [0.717, 1.165) is 0 Å². The molecule has 0 aromatic heterocycles. The third-order valence-corrected chi connectivity index (χ3v) is 0. The van der Waals surface area contributed by atoms with Crippen molar-refractivity contribution in [2.45, 2.75) is 0 Å². The van der Waals surface area contributed by atoms with E-state index in [1.807, 2.05) is 0 Å². The maximum absolute atomic E-state index is 0. The van der Waals surface area contributed by atoms with Gasteiger partial charge in [0, 0.05) is 18.6 Å². The van der Waals surface area contributed by atoms with Gasteiger partial charge in [-0.3, -0.25) is 0 Å². The van der Waals surface area contributed by atoms with Gasteiger partial charge in [0.25, 0.3) is 0 Å². The summed E-state index contributed by atoms with van der Waals surface area (Å²) in [7, 11) is 0. The molecule has 0 aliphatic rings. The molecule has 0 aromatic rings. The maximum atomic E-state index is 0. The molecule has 0 saturated carbocycles. The second-order valence-electron chi connectivity index (χ2n) is 0. The van der Waals surface area contributed by atoms with Crippen molar-refractivity contribution in [3.8, 4) is 0 Å². The molecular weight excluding hydrogens is 185 g/mol. The number of hydrogen-bond acceptors (Lipinski definition) is 0. The molecule has 0 heterocycles. The van der Waals surface area contributed by atoms with Gasteiger partial charge in [-0.2, -0.15) is 0 Å². The van der Waals surface area contributed by atoms with Crippen LogP contribution in [0, 0.1) is 0 Å². The Balaban J connectivity index is 0. The second-order valence-corrected chi connectivity index (χ2v) is 0. The van der Waals surface area contributed by atoms with Crippen LogP contribution in [0.2, 0.25) is 0 Å². The van der Waals surface area contributed by atoms with E-state index in [1.54, 1.807) is 0 Å². The third-order valence-electron chi connectivity index (χ3n) is 0. The van der Waals surface area contributed by atoms with E-state index >= 15 is 0 Å². The second kappa shape index (κ2) is 23.9. The summed E-state index contributed by atoms with van der Waals surface area (Å²) in [5, 5.41) is 0. The molecule has 28 valence electrons. The summed E-state index contributed by atoms with van der Waals surface area (Å²) in [4.78, 5) is 0. The zero-order chi connectivity index (χ0) is 0. The van der Waals surface area contributed by atoms with Crippen molar-refractivity contribution in [2.24, 2.45) is 0 Å². The van der Waals surface area contributed by atoms with Crippen molar-refractivity contribution in [1.29, 1.82) is 0 Å². The first-order chi connectivity index (χ1) is 0. The Bertz CT molecular complexity index is 8.00. The molecule has 0 amide bonds. The first-order valence-electron chi connectivity index (χ1n) is 0. The van der Waals surface area contributed by atoms with Crippen LogP contribution in [0.4, 0.5) is 0 Å². The molecule has 4 heavy (non-hydrogen) atoms. The Kier molecular flexibility index (Phi) is 287. The zero-order valence-electron chi connectivity index (χ0n) is 1.51. The molecular formula is CoNiOV+2. The molecule has 0 aliphatic heterocycles. The van der Waals surface area contributed by atoms with Crippen molar-refractivity contribution in [1.82, 2.24) is 0 Å². The number of rotatable bonds is 0. The Morgan fingerprint density at radius 3 is 1.00 bits per heavy atom. The van der Waals surface area contributed by atoms with Crippen LogP contribution in [0.5, 0.6) is 0 Å². The Labute approximate surface area is 57.2 Å². The molecule has 0 fully saturated rings. The topological polar surface area (TPSA) is 28.5 Å². The van der Waals surface area contributed by atoms with Gasteiger partial charge >= 0.3 is 33.3 Å². The van der Waals surface area contributed by atoms with Gasteiger partial charge in [-0.25, -0.2) is 0 Å². The Morgan fingerprint density at radius 1 is 1.00 bits per heavy atom. The fraction of sp³-hybridized carbons (Fsp3) is 0. The smallest absolute Gasteiger partial charge is 2.00 e. The average Bonchev–Trinajstić information content (AvgIpc) is 0. The normalized spacial score (nSPS) is 0. The molecule has 0 N–H and O–H groups in total. The first-order valence-corrected chi connectivity index (χ1v) is 0. The van der Waals surface area contributed by atoms with Crippen LogP contribution >= 0.6 is 0 Å². The van der Waals surface area contributed by atoms with Crippen molar-refractivity contribution >= 4 is 0 Å². The summed E-state index contributed by atoms with van der Waals surface area (Å²) < 4.78 is 0. The minimum absolute atomic E-state index is 0. The predicted molar refractivity (Wildman–Crippen MR) is 0.686 cm³/mol. The molecule has 4 heteroatoms. The molecule has 0 aliphatic carbocycles. The molecule has 0 unspecified atom stereocenters.